The third-order valence-electron chi connectivity index (χ3n) is 3.58. The van der Waals surface area contributed by atoms with Gasteiger partial charge in [0.15, 0.2) is 0 Å². The number of rotatable bonds is 5. The summed E-state index contributed by atoms with van der Waals surface area (Å²) in [4.78, 5) is 15.9. The molecule has 0 fully saturated rings. The zero-order chi connectivity index (χ0) is 16.9. The van der Waals surface area contributed by atoms with Crippen LogP contribution in [0, 0.1) is 5.82 Å². The number of carbonyl (C=O) groups excluding carboxylic acids is 1. The maximum Gasteiger partial charge on any atom is 0.227 e. The highest BCUT2D eigenvalue weighted by atomic mass is 19.1. The molecule has 1 heterocycles. The zero-order valence-electron chi connectivity index (χ0n) is 12.8. The number of hydrogen-bond acceptors (Lipinski definition) is 3. The van der Waals surface area contributed by atoms with Crippen molar-refractivity contribution in [2.45, 2.75) is 12.5 Å². The molecule has 3 rings (SSSR count). The molecule has 1 atom stereocenters. The Morgan fingerprint density at radius 3 is 2.71 bits per heavy atom. The molecule has 0 aliphatic rings. The van der Waals surface area contributed by atoms with Crippen molar-refractivity contribution >= 4 is 11.6 Å². The van der Waals surface area contributed by atoms with Crippen molar-refractivity contribution in [3.05, 3.63) is 78.6 Å². The van der Waals surface area contributed by atoms with Gasteiger partial charge >= 0.3 is 0 Å². The molecule has 2 aromatic carbocycles. The van der Waals surface area contributed by atoms with Crippen LogP contribution in [-0.2, 0) is 4.79 Å². The van der Waals surface area contributed by atoms with Gasteiger partial charge in [-0.2, -0.15) is 0 Å². The topological polar surface area (TPSA) is 67.2 Å². The number of benzene rings is 2. The summed E-state index contributed by atoms with van der Waals surface area (Å²) in [5.41, 5.74) is 1.34. The quantitative estimate of drug-likeness (QED) is 0.757. The number of nitrogens with one attached hydrogen (secondary N) is 1. The van der Waals surface area contributed by atoms with Crippen LogP contribution in [0.2, 0.25) is 0 Å². The molecule has 0 radical (unpaired) electrons. The Kier molecular flexibility index (Phi) is 4.67. The lowest BCUT2D eigenvalue weighted by atomic mass is 10.1. The molecular formula is C18H16FN3O2. The lowest BCUT2D eigenvalue weighted by molar-refractivity contribution is -0.118. The summed E-state index contributed by atoms with van der Waals surface area (Å²) >= 11 is 0. The molecule has 24 heavy (non-hydrogen) atoms. The van der Waals surface area contributed by atoms with Gasteiger partial charge in [-0.25, -0.2) is 9.37 Å². The van der Waals surface area contributed by atoms with Crippen molar-refractivity contribution in [2.75, 3.05) is 5.32 Å². The van der Waals surface area contributed by atoms with Crippen molar-refractivity contribution in [3.8, 4) is 5.69 Å². The van der Waals surface area contributed by atoms with Gasteiger partial charge < -0.3 is 15.0 Å². The van der Waals surface area contributed by atoms with Crippen molar-refractivity contribution < 1.29 is 14.3 Å². The van der Waals surface area contributed by atoms with Crippen LogP contribution in [0.4, 0.5) is 10.1 Å². The highest BCUT2D eigenvalue weighted by Gasteiger charge is 2.14. The van der Waals surface area contributed by atoms with E-state index in [1.165, 1.54) is 12.4 Å². The first kappa shape index (κ1) is 15.9. The van der Waals surface area contributed by atoms with Crippen molar-refractivity contribution in [2.24, 2.45) is 0 Å². The van der Waals surface area contributed by atoms with Crippen molar-refractivity contribution in [3.63, 3.8) is 0 Å². The third kappa shape index (κ3) is 3.67. The van der Waals surface area contributed by atoms with Crippen LogP contribution >= 0.6 is 0 Å². The van der Waals surface area contributed by atoms with Gasteiger partial charge in [-0.3, -0.25) is 4.79 Å². The minimum Gasteiger partial charge on any atom is -0.388 e. The number of hydrogen-bond donors (Lipinski definition) is 2. The summed E-state index contributed by atoms with van der Waals surface area (Å²) in [5.74, 6) is -0.865. The number of anilines is 1. The van der Waals surface area contributed by atoms with Crippen LogP contribution < -0.4 is 5.32 Å². The molecule has 0 spiro atoms. The Hall–Kier alpha value is -2.99. The van der Waals surface area contributed by atoms with Crippen LogP contribution in [0.5, 0.6) is 0 Å². The van der Waals surface area contributed by atoms with E-state index in [0.29, 0.717) is 16.9 Å². The molecule has 1 aromatic heterocycles. The van der Waals surface area contributed by atoms with Crippen molar-refractivity contribution in [1.82, 2.24) is 9.55 Å². The smallest absolute Gasteiger partial charge is 0.227 e. The average Bonchev–Trinajstić information content (AvgIpc) is 3.10. The van der Waals surface area contributed by atoms with E-state index in [9.17, 15) is 14.3 Å². The summed E-state index contributed by atoms with van der Waals surface area (Å²) in [7, 11) is 0. The number of carbonyl (C=O) groups is 1. The Morgan fingerprint density at radius 2 is 2.04 bits per heavy atom. The maximum atomic E-state index is 14.1. The lowest BCUT2D eigenvalue weighted by Gasteiger charge is -2.12. The first-order valence-corrected chi connectivity index (χ1v) is 7.44. The van der Waals surface area contributed by atoms with Crippen LogP contribution in [0.1, 0.15) is 18.1 Å². The van der Waals surface area contributed by atoms with Crippen LogP contribution in [0.3, 0.4) is 0 Å². The molecule has 0 saturated carbocycles. The van der Waals surface area contributed by atoms with Crippen LogP contribution in [-0.4, -0.2) is 20.6 Å². The van der Waals surface area contributed by atoms with Gasteiger partial charge in [0.05, 0.1) is 24.5 Å². The highest BCUT2D eigenvalue weighted by molar-refractivity contribution is 5.91. The predicted octanol–water partition coefficient (Wildman–Crippen LogP) is 3.07. The van der Waals surface area contributed by atoms with E-state index in [4.69, 9.17) is 0 Å². The summed E-state index contributed by atoms with van der Waals surface area (Å²) in [6.07, 6.45) is 3.68. The summed E-state index contributed by atoms with van der Waals surface area (Å²) < 4.78 is 15.7. The fourth-order valence-electron chi connectivity index (χ4n) is 2.38. The summed E-state index contributed by atoms with van der Waals surface area (Å²) in [6, 6.07) is 13.3. The first-order valence-electron chi connectivity index (χ1n) is 7.44. The summed E-state index contributed by atoms with van der Waals surface area (Å²) in [6.45, 7) is 0. The fourth-order valence-corrected chi connectivity index (χ4v) is 2.38. The summed E-state index contributed by atoms with van der Waals surface area (Å²) in [5, 5.41) is 12.6. The second kappa shape index (κ2) is 7.06. The van der Waals surface area contributed by atoms with Gasteiger partial charge in [-0.1, -0.05) is 30.3 Å². The average molecular weight is 325 g/mol. The molecule has 1 amide bonds. The van der Waals surface area contributed by atoms with E-state index in [0.717, 1.165) is 0 Å². The second-order valence-electron chi connectivity index (χ2n) is 5.31. The van der Waals surface area contributed by atoms with Crippen LogP contribution in [0.15, 0.2) is 67.3 Å². The molecule has 1 unspecified atom stereocenters. The van der Waals surface area contributed by atoms with Gasteiger partial charge in [-0.15, -0.1) is 0 Å². The molecule has 0 bridgehead atoms. The molecule has 2 N–H and O–H groups in total. The molecule has 122 valence electrons. The maximum absolute atomic E-state index is 14.1. The standard InChI is InChI=1S/C18H16FN3O2/c19-15-10-14(6-7-16(15)22-9-8-20-12-22)21-18(24)11-17(23)13-4-2-1-3-5-13/h1-10,12,17,23H,11H2,(H,21,24). The Morgan fingerprint density at radius 1 is 1.25 bits per heavy atom. The monoisotopic (exact) mass is 325 g/mol. The number of aromatic nitrogens is 2. The third-order valence-corrected chi connectivity index (χ3v) is 3.58. The van der Waals surface area contributed by atoms with Gasteiger partial charge in [0.1, 0.15) is 5.82 Å². The van der Waals surface area contributed by atoms with E-state index in [1.807, 2.05) is 6.07 Å². The minimum atomic E-state index is -0.902. The van der Waals surface area contributed by atoms with E-state index >= 15 is 0 Å². The number of imidazole rings is 1. The number of halogens is 1. The predicted molar refractivity (Wildman–Crippen MR) is 88.2 cm³/mol. The Labute approximate surface area is 138 Å². The van der Waals surface area contributed by atoms with Gasteiger partial charge in [0.25, 0.3) is 0 Å². The van der Waals surface area contributed by atoms with E-state index in [2.05, 4.69) is 10.3 Å². The van der Waals surface area contributed by atoms with Crippen LogP contribution in [0.25, 0.3) is 5.69 Å². The normalized spacial score (nSPS) is 11.9. The van der Waals surface area contributed by atoms with E-state index in [1.54, 1.807) is 53.4 Å². The van der Waals surface area contributed by atoms with E-state index in [-0.39, 0.29) is 12.3 Å². The first-order chi connectivity index (χ1) is 11.6. The second-order valence-corrected chi connectivity index (χ2v) is 5.31. The van der Waals surface area contributed by atoms with Gasteiger partial charge in [0, 0.05) is 18.1 Å². The highest BCUT2D eigenvalue weighted by Crippen LogP contribution is 2.20. The largest absolute Gasteiger partial charge is 0.388 e. The Balaban J connectivity index is 1.65. The van der Waals surface area contributed by atoms with Gasteiger partial charge in [-0.05, 0) is 23.8 Å². The van der Waals surface area contributed by atoms with Gasteiger partial charge in [0.2, 0.25) is 5.91 Å². The molecular weight excluding hydrogens is 309 g/mol. The number of nitrogens with zero attached hydrogens (tertiary/aromatic N) is 2. The molecule has 0 aliphatic heterocycles. The Bertz CT molecular complexity index is 820. The minimum absolute atomic E-state index is 0.102. The molecule has 0 saturated heterocycles. The van der Waals surface area contributed by atoms with Crippen molar-refractivity contribution in [1.29, 1.82) is 0 Å². The zero-order valence-corrected chi connectivity index (χ0v) is 12.8. The molecule has 0 aliphatic carbocycles. The fraction of sp³-hybridized carbons (Fsp3) is 0.111. The SMILES string of the molecule is O=C(CC(O)c1ccccc1)Nc1ccc(-n2ccnc2)c(F)c1. The molecule has 3 aromatic rings. The number of amides is 1. The molecule has 6 heteroatoms. The molecule has 5 nitrogen and oxygen atoms in total. The lowest BCUT2D eigenvalue weighted by Crippen LogP contribution is -2.15. The number of aliphatic hydroxyl groups is 1. The van der Waals surface area contributed by atoms with E-state index < -0.39 is 11.9 Å². The number of aliphatic hydroxyl groups excluding tert-OH is 1.